The summed E-state index contributed by atoms with van der Waals surface area (Å²) < 4.78 is 5.23. The number of carbonyl (C=O) groups is 1. The monoisotopic (exact) mass is 332 g/mol. The first kappa shape index (κ1) is 15.4. The molecule has 1 amide bonds. The standard InChI is InChI=1S/C20H16N2O3/c1-25-15-10-11-17-16(13-15)19(23)22(14-7-3-2-4-8-14)20(17,24)18-9-5-6-12-21-18/h2-13,24H,1H3. The Balaban J connectivity index is 1.99. The van der Waals surface area contributed by atoms with Gasteiger partial charge < -0.3 is 9.84 Å². The molecule has 0 fully saturated rings. The van der Waals surface area contributed by atoms with E-state index < -0.39 is 5.72 Å². The molecule has 3 aromatic rings. The summed E-state index contributed by atoms with van der Waals surface area (Å²) >= 11 is 0. The van der Waals surface area contributed by atoms with Crippen molar-refractivity contribution in [1.29, 1.82) is 0 Å². The van der Waals surface area contributed by atoms with E-state index in [1.807, 2.05) is 18.2 Å². The minimum Gasteiger partial charge on any atom is -0.497 e. The van der Waals surface area contributed by atoms with E-state index in [1.54, 1.807) is 61.8 Å². The highest BCUT2D eigenvalue weighted by Gasteiger charge is 2.51. The molecule has 0 radical (unpaired) electrons. The van der Waals surface area contributed by atoms with Gasteiger partial charge >= 0.3 is 0 Å². The van der Waals surface area contributed by atoms with Gasteiger partial charge in [0.15, 0.2) is 0 Å². The van der Waals surface area contributed by atoms with Crippen molar-refractivity contribution in [2.45, 2.75) is 5.72 Å². The number of pyridine rings is 1. The Bertz CT molecular complexity index is 928. The third-order valence-electron chi connectivity index (χ3n) is 4.40. The number of hydrogen-bond donors (Lipinski definition) is 1. The smallest absolute Gasteiger partial charge is 0.261 e. The largest absolute Gasteiger partial charge is 0.497 e. The minimum atomic E-state index is -1.68. The highest BCUT2D eigenvalue weighted by atomic mass is 16.5. The Labute approximate surface area is 145 Å². The van der Waals surface area contributed by atoms with Crippen LogP contribution in [-0.2, 0) is 5.72 Å². The van der Waals surface area contributed by atoms with Crippen LogP contribution in [0.5, 0.6) is 5.75 Å². The van der Waals surface area contributed by atoms with Crippen molar-refractivity contribution in [3.63, 3.8) is 0 Å². The normalized spacial score (nSPS) is 19.0. The van der Waals surface area contributed by atoms with E-state index >= 15 is 0 Å². The van der Waals surface area contributed by atoms with Crippen molar-refractivity contribution in [1.82, 2.24) is 4.98 Å². The summed E-state index contributed by atoms with van der Waals surface area (Å²) in [5, 5.41) is 11.7. The average molecular weight is 332 g/mol. The van der Waals surface area contributed by atoms with Gasteiger partial charge in [0.1, 0.15) is 5.75 Å². The zero-order chi connectivity index (χ0) is 17.4. The molecule has 4 rings (SSSR count). The number of aliphatic hydroxyl groups is 1. The molecule has 5 heteroatoms. The molecule has 0 spiro atoms. The fourth-order valence-electron chi connectivity index (χ4n) is 3.22. The van der Waals surface area contributed by atoms with Gasteiger partial charge in [-0.1, -0.05) is 24.3 Å². The zero-order valence-corrected chi connectivity index (χ0v) is 13.6. The summed E-state index contributed by atoms with van der Waals surface area (Å²) in [5.41, 5.74) is 0.186. The van der Waals surface area contributed by atoms with Crippen molar-refractivity contribution in [2.24, 2.45) is 0 Å². The predicted molar refractivity (Wildman–Crippen MR) is 93.5 cm³/mol. The van der Waals surface area contributed by atoms with Gasteiger partial charge in [0.25, 0.3) is 5.91 Å². The van der Waals surface area contributed by atoms with Crippen LogP contribution >= 0.6 is 0 Å². The van der Waals surface area contributed by atoms with Gasteiger partial charge in [-0.2, -0.15) is 0 Å². The average Bonchev–Trinajstić information content (AvgIpc) is 2.91. The molecule has 2 aromatic carbocycles. The number of methoxy groups -OCH3 is 1. The van der Waals surface area contributed by atoms with Gasteiger partial charge in [-0.3, -0.25) is 14.7 Å². The lowest BCUT2D eigenvalue weighted by atomic mass is 9.97. The molecular formula is C20H16N2O3. The Hall–Kier alpha value is -3.18. The van der Waals surface area contributed by atoms with Crippen LogP contribution in [0.2, 0.25) is 0 Å². The van der Waals surface area contributed by atoms with Crippen LogP contribution < -0.4 is 9.64 Å². The molecule has 1 aliphatic rings. The van der Waals surface area contributed by atoms with Crippen molar-refractivity contribution in [3.8, 4) is 5.75 Å². The molecule has 1 atom stereocenters. The molecule has 124 valence electrons. The highest BCUT2D eigenvalue weighted by molar-refractivity contribution is 6.12. The summed E-state index contributed by atoms with van der Waals surface area (Å²) in [6.45, 7) is 0. The number of benzene rings is 2. The first-order valence-electron chi connectivity index (χ1n) is 7.88. The Kier molecular flexibility index (Phi) is 3.51. The van der Waals surface area contributed by atoms with Gasteiger partial charge in [-0.15, -0.1) is 0 Å². The van der Waals surface area contributed by atoms with Crippen LogP contribution in [0.4, 0.5) is 5.69 Å². The number of fused-ring (bicyclic) bond motifs is 1. The van der Waals surface area contributed by atoms with Gasteiger partial charge in [0, 0.05) is 17.4 Å². The van der Waals surface area contributed by atoms with Crippen LogP contribution in [0, 0.1) is 0 Å². The Morgan fingerprint density at radius 1 is 1.04 bits per heavy atom. The van der Waals surface area contributed by atoms with E-state index in [0.29, 0.717) is 28.3 Å². The quantitative estimate of drug-likeness (QED) is 0.801. The van der Waals surface area contributed by atoms with Crippen LogP contribution in [0.3, 0.4) is 0 Å². The number of amides is 1. The molecule has 0 aliphatic carbocycles. The van der Waals surface area contributed by atoms with Crippen molar-refractivity contribution < 1.29 is 14.6 Å². The van der Waals surface area contributed by atoms with Gasteiger partial charge in [0.2, 0.25) is 5.72 Å². The number of aromatic nitrogens is 1. The van der Waals surface area contributed by atoms with E-state index in [0.717, 1.165) is 0 Å². The molecule has 0 saturated heterocycles. The Morgan fingerprint density at radius 2 is 1.80 bits per heavy atom. The van der Waals surface area contributed by atoms with Crippen LogP contribution in [-0.4, -0.2) is 23.1 Å². The summed E-state index contributed by atoms with van der Waals surface area (Å²) in [5.74, 6) is 0.263. The van der Waals surface area contributed by atoms with Gasteiger partial charge in [-0.25, -0.2) is 0 Å². The molecule has 5 nitrogen and oxygen atoms in total. The number of para-hydroxylation sites is 1. The number of rotatable bonds is 3. The second-order valence-corrected chi connectivity index (χ2v) is 5.77. The molecule has 1 aromatic heterocycles. The highest BCUT2D eigenvalue weighted by Crippen LogP contribution is 2.44. The second-order valence-electron chi connectivity index (χ2n) is 5.77. The van der Waals surface area contributed by atoms with Crippen LogP contribution in [0.1, 0.15) is 21.6 Å². The number of carbonyl (C=O) groups excluding carboxylic acids is 1. The number of nitrogens with zero attached hydrogens (tertiary/aromatic N) is 2. The fourth-order valence-corrected chi connectivity index (χ4v) is 3.22. The molecule has 25 heavy (non-hydrogen) atoms. The van der Waals surface area contributed by atoms with E-state index in [1.165, 1.54) is 4.90 Å². The van der Waals surface area contributed by atoms with E-state index in [9.17, 15) is 9.90 Å². The second kappa shape index (κ2) is 5.72. The third kappa shape index (κ3) is 2.21. The molecule has 1 N–H and O–H groups in total. The van der Waals surface area contributed by atoms with E-state index in [2.05, 4.69) is 4.98 Å². The maximum Gasteiger partial charge on any atom is 0.261 e. The number of ether oxygens (including phenoxy) is 1. The predicted octanol–water partition coefficient (Wildman–Crippen LogP) is 2.94. The molecular weight excluding hydrogens is 316 g/mol. The molecule has 0 bridgehead atoms. The van der Waals surface area contributed by atoms with Crippen molar-refractivity contribution in [2.75, 3.05) is 12.0 Å². The third-order valence-corrected chi connectivity index (χ3v) is 4.40. The first-order valence-corrected chi connectivity index (χ1v) is 7.88. The van der Waals surface area contributed by atoms with Crippen LogP contribution in [0.15, 0.2) is 72.9 Å². The lowest BCUT2D eigenvalue weighted by Gasteiger charge is -2.33. The SMILES string of the molecule is COc1ccc2c(c1)C(=O)N(c1ccccc1)C2(O)c1ccccn1. The van der Waals surface area contributed by atoms with Crippen molar-refractivity contribution in [3.05, 3.63) is 89.7 Å². The maximum atomic E-state index is 13.1. The lowest BCUT2D eigenvalue weighted by Crippen LogP contribution is -2.45. The van der Waals surface area contributed by atoms with Crippen molar-refractivity contribution >= 4 is 11.6 Å². The number of hydrogen-bond acceptors (Lipinski definition) is 4. The summed E-state index contributed by atoms with van der Waals surface area (Å²) in [7, 11) is 1.54. The van der Waals surface area contributed by atoms with Crippen LogP contribution in [0.25, 0.3) is 0 Å². The maximum absolute atomic E-state index is 13.1. The van der Waals surface area contributed by atoms with E-state index in [-0.39, 0.29) is 5.91 Å². The Morgan fingerprint density at radius 3 is 2.48 bits per heavy atom. The lowest BCUT2D eigenvalue weighted by molar-refractivity contribution is 0.0677. The topological polar surface area (TPSA) is 62.7 Å². The van der Waals surface area contributed by atoms with E-state index in [4.69, 9.17) is 4.74 Å². The van der Waals surface area contributed by atoms with Gasteiger partial charge in [-0.05, 0) is 42.5 Å². The minimum absolute atomic E-state index is 0.298. The summed E-state index contributed by atoms with van der Waals surface area (Å²) in [4.78, 5) is 18.8. The molecule has 0 saturated carbocycles. The first-order chi connectivity index (χ1) is 12.2. The summed E-state index contributed by atoms with van der Waals surface area (Å²) in [6, 6.07) is 19.4. The molecule has 1 unspecified atom stereocenters. The fraction of sp³-hybridized carbons (Fsp3) is 0.100. The zero-order valence-electron chi connectivity index (χ0n) is 13.6. The number of anilines is 1. The molecule has 2 heterocycles. The van der Waals surface area contributed by atoms with Gasteiger partial charge in [0.05, 0.1) is 18.4 Å². The molecule has 1 aliphatic heterocycles. The summed E-state index contributed by atoms with van der Waals surface area (Å²) in [6.07, 6.45) is 1.60.